The minimum atomic E-state index is -3.27. The lowest BCUT2D eigenvalue weighted by Gasteiger charge is -2.24. The Labute approximate surface area is 128 Å². The average molecular weight is 323 g/mol. The summed E-state index contributed by atoms with van der Waals surface area (Å²) in [4.78, 5) is 0. The Morgan fingerprint density at radius 1 is 1.24 bits per heavy atom. The Bertz CT molecular complexity index is 767. The molecular formula is C14H17N3O2S2. The van der Waals surface area contributed by atoms with Crippen LogP contribution in [0.15, 0.2) is 18.2 Å². The predicted molar refractivity (Wildman–Crippen MR) is 82.5 cm³/mol. The first-order chi connectivity index (χ1) is 10.1. The molecule has 2 fully saturated rings. The largest absolute Gasteiger partial charge is 0.218 e. The molecule has 1 aliphatic carbocycles. The fourth-order valence-corrected chi connectivity index (χ4v) is 5.78. The standard InChI is InChI=1S/C14H17N3O2S2/c18-21(19,17-8-2-5-13(17)10-6-7-10)9-11-3-1-4-12-14(11)16-20-15-12/h1,3-4,10,13H,2,5-9H2. The van der Waals surface area contributed by atoms with Gasteiger partial charge in [0.25, 0.3) is 0 Å². The van der Waals surface area contributed by atoms with E-state index in [1.807, 2.05) is 18.2 Å². The van der Waals surface area contributed by atoms with E-state index in [2.05, 4.69) is 8.75 Å². The molecule has 7 heteroatoms. The van der Waals surface area contributed by atoms with Gasteiger partial charge in [0.05, 0.1) is 17.5 Å². The summed E-state index contributed by atoms with van der Waals surface area (Å²) in [5.74, 6) is 0.637. The van der Waals surface area contributed by atoms with Crippen molar-refractivity contribution in [2.45, 2.75) is 37.5 Å². The molecule has 0 radical (unpaired) electrons. The molecule has 1 saturated heterocycles. The summed E-state index contributed by atoms with van der Waals surface area (Å²) in [6.07, 6.45) is 4.37. The lowest BCUT2D eigenvalue weighted by Crippen LogP contribution is -2.37. The van der Waals surface area contributed by atoms with Crippen molar-refractivity contribution in [3.05, 3.63) is 23.8 Å². The van der Waals surface area contributed by atoms with Gasteiger partial charge in [-0.2, -0.15) is 13.1 Å². The SMILES string of the molecule is O=S(=O)(Cc1cccc2nsnc12)N1CCCC1C1CC1. The van der Waals surface area contributed by atoms with Gasteiger partial charge >= 0.3 is 0 Å². The third-order valence-corrected chi connectivity index (χ3v) is 6.87. The van der Waals surface area contributed by atoms with Crippen molar-refractivity contribution in [3.63, 3.8) is 0 Å². The summed E-state index contributed by atoms with van der Waals surface area (Å²) in [6.45, 7) is 0.675. The third-order valence-electron chi connectivity index (χ3n) is 4.48. The molecule has 1 aromatic heterocycles. The molecule has 1 saturated carbocycles. The second kappa shape index (κ2) is 5.00. The fraction of sp³-hybridized carbons (Fsp3) is 0.571. The van der Waals surface area contributed by atoms with E-state index in [1.165, 1.54) is 12.8 Å². The molecule has 2 heterocycles. The second-order valence-corrected chi connectivity index (χ2v) is 8.41. The summed E-state index contributed by atoms with van der Waals surface area (Å²) in [7, 11) is -3.27. The van der Waals surface area contributed by atoms with Crippen molar-refractivity contribution >= 4 is 32.8 Å². The number of sulfonamides is 1. The molecule has 4 rings (SSSR count). The van der Waals surface area contributed by atoms with Crippen molar-refractivity contribution in [3.8, 4) is 0 Å². The topological polar surface area (TPSA) is 63.2 Å². The Morgan fingerprint density at radius 3 is 2.90 bits per heavy atom. The van der Waals surface area contributed by atoms with Gasteiger partial charge in [0.2, 0.25) is 10.0 Å². The summed E-state index contributed by atoms with van der Waals surface area (Å²) >= 11 is 1.13. The average Bonchev–Trinajstić information content (AvgIpc) is 3.00. The van der Waals surface area contributed by atoms with Gasteiger partial charge in [-0.25, -0.2) is 8.42 Å². The molecule has 1 aliphatic heterocycles. The van der Waals surface area contributed by atoms with Gasteiger partial charge in [0, 0.05) is 12.6 Å². The maximum absolute atomic E-state index is 12.8. The van der Waals surface area contributed by atoms with Gasteiger partial charge in [0.15, 0.2) is 0 Å². The third kappa shape index (κ3) is 2.47. The van der Waals surface area contributed by atoms with Crippen LogP contribution in [-0.2, 0) is 15.8 Å². The highest BCUT2D eigenvalue weighted by atomic mass is 32.2. The number of hydrogen-bond acceptors (Lipinski definition) is 5. The minimum Gasteiger partial charge on any atom is -0.212 e. The number of rotatable bonds is 4. The molecule has 0 spiro atoms. The van der Waals surface area contributed by atoms with E-state index in [4.69, 9.17) is 0 Å². The zero-order valence-electron chi connectivity index (χ0n) is 11.6. The first-order valence-corrected chi connectivity index (χ1v) is 9.69. The summed E-state index contributed by atoms with van der Waals surface area (Å²) in [5.41, 5.74) is 2.28. The minimum absolute atomic E-state index is 0.0406. The van der Waals surface area contributed by atoms with Crippen LogP contribution >= 0.6 is 11.7 Å². The quantitative estimate of drug-likeness (QED) is 0.867. The lowest BCUT2D eigenvalue weighted by atomic mass is 10.1. The van der Waals surface area contributed by atoms with E-state index in [0.29, 0.717) is 12.5 Å². The van der Waals surface area contributed by atoms with E-state index in [9.17, 15) is 8.42 Å². The molecule has 1 aromatic carbocycles. The Kier molecular flexibility index (Phi) is 3.24. The zero-order valence-corrected chi connectivity index (χ0v) is 13.2. The highest BCUT2D eigenvalue weighted by Crippen LogP contribution is 2.41. The van der Waals surface area contributed by atoms with Gasteiger partial charge in [0.1, 0.15) is 11.0 Å². The van der Waals surface area contributed by atoms with E-state index in [1.54, 1.807) is 4.31 Å². The number of fused-ring (bicyclic) bond motifs is 1. The van der Waals surface area contributed by atoms with Crippen LogP contribution in [-0.4, -0.2) is 34.1 Å². The van der Waals surface area contributed by atoms with Crippen molar-refractivity contribution in [1.82, 2.24) is 13.1 Å². The number of hydrogen-bond donors (Lipinski definition) is 0. The summed E-state index contributed by atoms with van der Waals surface area (Å²) in [6, 6.07) is 5.82. The monoisotopic (exact) mass is 323 g/mol. The summed E-state index contributed by atoms with van der Waals surface area (Å²) < 4.78 is 35.8. The van der Waals surface area contributed by atoms with Gasteiger partial charge in [-0.15, -0.1) is 0 Å². The fourth-order valence-electron chi connectivity index (χ4n) is 3.32. The van der Waals surface area contributed by atoms with Gasteiger partial charge < -0.3 is 0 Å². The van der Waals surface area contributed by atoms with Crippen molar-refractivity contribution in [2.24, 2.45) is 5.92 Å². The highest BCUT2D eigenvalue weighted by Gasteiger charge is 2.43. The normalized spacial score (nSPS) is 23.9. The van der Waals surface area contributed by atoms with Crippen LogP contribution in [0, 0.1) is 5.92 Å². The first kappa shape index (κ1) is 13.6. The predicted octanol–water partition coefficient (Wildman–Crippen LogP) is 2.40. The maximum Gasteiger partial charge on any atom is 0.218 e. The van der Waals surface area contributed by atoms with Crippen molar-refractivity contribution in [2.75, 3.05) is 6.54 Å². The molecule has 1 atom stereocenters. The first-order valence-electron chi connectivity index (χ1n) is 7.35. The maximum atomic E-state index is 12.8. The molecule has 112 valence electrons. The van der Waals surface area contributed by atoms with Crippen LogP contribution in [0.25, 0.3) is 11.0 Å². The van der Waals surface area contributed by atoms with E-state index < -0.39 is 10.0 Å². The van der Waals surface area contributed by atoms with Crippen LogP contribution < -0.4 is 0 Å². The molecule has 1 unspecified atom stereocenters. The van der Waals surface area contributed by atoms with Gasteiger partial charge in [-0.05, 0) is 43.2 Å². The van der Waals surface area contributed by atoms with Crippen LogP contribution in [0.3, 0.4) is 0 Å². The molecule has 0 amide bonds. The Morgan fingerprint density at radius 2 is 2.10 bits per heavy atom. The van der Waals surface area contributed by atoms with Crippen LogP contribution in [0.5, 0.6) is 0 Å². The Hall–Kier alpha value is -1.05. The van der Waals surface area contributed by atoms with E-state index in [-0.39, 0.29) is 11.8 Å². The van der Waals surface area contributed by atoms with E-state index in [0.717, 1.165) is 41.2 Å². The number of aromatic nitrogens is 2. The lowest BCUT2D eigenvalue weighted by molar-refractivity contribution is 0.356. The number of nitrogens with zero attached hydrogens (tertiary/aromatic N) is 3. The van der Waals surface area contributed by atoms with Crippen molar-refractivity contribution < 1.29 is 8.42 Å². The summed E-state index contributed by atoms with van der Waals surface area (Å²) in [5, 5.41) is 0. The molecule has 2 aliphatic rings. The van der Waals surface area contributed by atoms with Crippen molar-refractivity contribution in [1.29, 1.82) is 0 Å². The van der Waals surface area contributed by atoms with Crippen LogP contribution in [0.4, 0.5) is 0 Å². The molecule has 5 nitrogen and oxygen atoms in total. The van der Waals surface area contributed by atoms with Gasteiger partial charge in [-0.3, -0.25) is 0 Å². The van der Waals surface area contributed by atoms with Gasteiger partial charge in [-0.1, -0.05) is 12.1 Å². The molecule has 0 N–H and O–H groups in total. The Balaban J connectivity index is 1.64. The second-order valence-electron chi connectivity index (χ2n) is 5.96. The molecule has 2 aromatic rings. The van der Waals surface area contributed by atoms with Crippen LogP contribution in [0.1, 0.15) is 31.2 Å². The molecular weight excluding hydrogens is 306 g/mol. The smallest absolute Gasteiger partial charge is 0.212 e. The van der Waals surface area contributed by atoms with Crippen LogP contribution in [0.2, 0.25) is 0 Å². The van der Waals surface area contributed by atoms with E-state index >= 15 is 0 Å². The zero-order chi connectivity index (χ0) is 14.4. The molecule has 21 heavy (non-hydrogen) atoms. The number of benzene rings is 1. The highest BCUT2D eigenvalue weighted by molar-refractivity contribution is 7.88. The molecule has 0 bridgehead atoms.